The quantitative estimate of drug-likeness (QED) is 0.371. The van der Waals surface area contributed by atoms with Crippen LogP contribution in [0.5, 0.6) is 5.75 Å². The summed E-state index contributed by atoms with van der Waals surface area (Å²) >= 11 is 5.17. The van der Waals surface area contributed by atoms with Crippen molar-refractivity contribution in [3.05, 3.63) is 82.9 Å². The number of carbonyl (C=O) groups is 2. The van der Waals surface area contributed by atoms with Gasteiger partial charge in [-0.25, -0.2) is 4.39 Å². The van der Waals surface area contributed by atoms with E-state index in [-0.39, 0.29) is 16.4 Å². The molecule has 1 aromatic heterocycles. The van der Waals surface area contributed by atoms with Gasteiger partial charge in [-0.05, 0) is 86.2 Å². The zero-order chi connectivity index (χ0) is 23.0. The lowest BCUT2D eigenvalue weighted by Gasteiger charge is -2.28. The molecule has 6 nitrogen and oxygen atoms in total. The molecule has 1 aliphatic heterocycles. The largest absolute Gasteiger partial charge is 0.497 e. The van der Waals surface area contributed by atoms with E-state index >= 15 is 0 Å². The number of ether oxygens (including phenoxy) is 1. The summed E-state index contributed by atoms with van der Waals surface area (Å²) in [6.07, 6.45) is 1.54. The molecule has 0 radical (unpaired) electrons. The van der Waals surface area contributed by atoms with Crippen molar-refractivity contribution in [3.63, 3.8) is 0 Å². The summed E-state index contributed by atoms with van der Waals surface area (Å²) in [5.41, 5.74) is 3.58. The number of hydrogen-bond donors (Lipinski definition) is 1. The van der Waals surface area contributed by atoms with E-state index < -0.39 is 17.6 Å². The second-order valence-corrected chi connectivity index (χ2v) is 7.68. The highest BCUT2D eigenvalue weighted by atomic mass is 32.1. The SMILES string of the molecule is COc1ccc(-n2c(C)cc(/C=C3\C(=O)NC(=S)N(c4cccc(F)c4)C3=O)c2C)cc1. The second-order valence-electron chi connectivity index (χ2n) is 7.30. The summed E-state index contributed by atoms with van der Waals surface area (Å²) in [6.45, 7) is 3.85. The molecule has 0 saturated carbocycles. The number of hydrogen-bond acceptors (Lipinski definition) is 4. The first-order valence-electron chi connectivity index (χ1n) is 9.80. The Morgan fingerprint density at radius 2 is 1.75 bits per heavy atom. The third kappa shape index (κ3) is 3.80. The Balaban J connectivity index is 1.74. The Morgan fingerprint density at radius 3 is 2.41 bits per heavy atom. The van der Waals surface area contributed by atoms with Crippen molar-refractivity contribution < 1.29 is 18.7 Å². The van der Waals surface area contributed by atoms with Gasteiger partial charge in [-0.1, -0.05) is 6.07 Å². The van der Waals surface area contributed by atoms with E-state index in [0.717, 1.165) is 27.7 Å². The standard InChI is InChI=1S/C24H20FN3O3S/c1-14-11-16(15(2)27(14)18-7-9-20(31-3)10-8-18)12-21-22(29)26-24(32)28(23(21)30)19-6-4-5-17(25)13-19/h4-13H,1-3H3,(H,26,29,32)/b21-12+. The molecule has 2 amide bonds. The number of halogens is 1. The van der Waals surface area contributed by atoms with Gasteiger partial charge in [0.2, 0.25) is 0 Å². The van der Waals surface area contributed by atoms with Crippen molar-refractivity contribution in [2.75, 3.05) is 12.0 Å². The summed E-state index contributed by atoms with van der Waals surface area (Å²) in [6, 6.07) is 15.0. The number of nitrogens with zero attached hydrogens (tertiary/aromatic N) is 2. The highest BCUT2D eigenvalue weighted by Gasteiger charge is 2.34. The molecule has 2 aromatic carbocycles. The molecule has 1 saturated heterocycles. The Labute approximate surface area is 189 Å². The van der Waals surface area contributed by atoms with E-state index in [2.05, 4.69) is 5.32 Å². The average molecular weight is 450 g/mol. The summed E-state index contributed by atoms with van der Waals surface area (Å²) in [7, 11) is 1.61. The molecular weight excluding hydrogens is 429 g/mol. The molecular formula is C24H20FN3O3S. The van der Waals surface area contributed by atoms with Gasteiger partial charge in [-0.3, -0.25) is 19.8 Å². The monoisotopic (exact) mass is 449 g/mol. The minimum atomic E-state index is -0.612. The Hall–Kier alpha value is -3.78. The van der Waals surface area contributed by atoms with Gasteiger partial charge in [0.15, 0.2) is 5.11 Å². The minimum absolute atomic E-state index is 0.0853. The molecule has 3 aromatic rings. The van der Waals surface area contributed by atoms with Crippen molar-refractivity contribution in [2.24, 2.45) is 0 Å². The fourth-order valence-electron chi connectivity index (χ4n) is 3.73. The number of rotatable bonds is 4. The fourth-order valence-corrected chi connectivity index (χ4v) is 4.01. The van der Waals surface area contributed by atoms with Gasteiger partial charge in [0.25, 0.3) is 11.8 Å². The van der Waals surface area contributed by atoms with E-state index in [9.17, 15) is 14.0 Å². The van der Waals surface area contributed by atoms with Crippen LogP contribution in [0.2, 0.25) is 0 Å². The summed E-state index contributed by atoms with van der Waals surface area (Å²) < 4.78 is 21.0. The topological polar surface area (TPSA) is 63.6 Å². The van der Waals surface area contributed by atoms with Crippen LogP contribution in [0.3, 0.4) is 0 Å². The molecule has 32 heavy (non-hydrogen) atoms. The third-order valence-corrected chi connectivity index (χ3v) is 5.55. The Bertz CT molecular complexity index is 1280. The van der Waals surface area contributed by atoms with E-state index in [1.165, 1.54) is 24.3 Å². The number of amides is 2. The van der Waals surface area contributed by atoms with Crippen molar-refractivity contribution in [2.45, 2.75) is 13.8 Å². The maximum absolute atomic E-state index is 13.7. The van der Waals surface area contributed by atoms with E-state index in [4.69, 9.17) is 17.0 Å². The van der Waals surface area contributed by atoms with Gasteiger partial charge < -0.3 is 9.30 Å². The van der Waals surface area contributed by atoms with E-state index in [1.54, 1.807) is 13.2 Å². The zero-order valence-electron chi connectivity index (χ0n) is 17.7. The molecule has 2 heterocycles. The Morgan fingerprint density at radius 1 is 1.03 bits per heavy atom. The smallest absolute Gasteiger partial charge is 0.270 e. The molecule has 0 aliphatic carbocycles. The highest BCUT2D eigenvalue weighted by Crippen LogP contribution is 2.27. The van der Waals surface area contributed by atoms with Gasteiger partial charge >= 0.3 is 0 Å². The zero-order valence-corrected chi connectivity index (χ0v) is 18.5. The normalized spacial score (nSPS) is 15.3. The first-order valence-corrected chi connectivity index (χ1v) is 10.2. The van der Waals surface area contributed by atoms with Gasteiger partial charge in [-0.15, -0.1) is 0 Å². The van der Waals surface area contributed by atoms with Gasteiger partial charge in [0.1, 0.15) is 17.1 Å². The minimum Gasteiger partial charge on any atom is -0.497 e. The van der Waals surface area contributed by atoms with Crippen molar-refractivity contribution in [1.82, 2.24) is 9.88 Å². The number of thiocarbonyl (C=S) groups is 1. The summed E-state index contributed by atoms with van der Waals surface area (Å²) in [5, 5.41) is 2.43. The maximum atomic E-state index is 13.7. The van der Waals surface area contributed by atoms with Crippen molar-refractivity contribution >= 4 is 40.9 Å². The van der Waals surface area contributed by atoms with Crippen LogP contribution in [0, 0.1) is 19.7 Å². The number of aryl methyl sites for hydroxylation is 1. The molecule has 1 aliphatic rings. The predicted octanol–water partition coefficient (Wildman–Crippen LogP) is 4.07. The van der Waals surface area contributed by atoms with Crippen LogP contribution < -0.4 is 15.0 Å². The number of anilines is 1. The predicted molar refractivity (Wildman–Crippen MR) is 124 cm³/mol. The second kappa shape index (κ2) is 8.39. The number of benzene rings is 2. The molecule has 1 N–H and O–H groups in total. The summed E-state index contributed by atoms with van der Waals surface area (Å²) in [4.78, 5) is 26.9. The number of carbonyl (C=O) groups excluding carboxylic acids is 2. The van der Waals surface area contributed by atoms with Gasteiger partial charge in [-0.2, -0.15) is 0 Å². The molecule has 0 spiro atoms. The molecule has 0 unspecified atom stereocenters. The number of nitrogens with one attached hydrogen (secondary N) is 1. The van der Waals surface area contributed by atoms with Gasteiger partial charge in [0.05, 0.1) is 12.8 Å². The molecule has 0 atom stereocenters. The van der Waals surface area contributed by atoms with Crippen molar-refractivity contribution in [3.8, 4) is 11.4 Å². The van der Waals surface area contributed by atoms with Crippen LogP contribution in [0.15, 0.2) is 60.2 Å². The lowest BCUT2D eigenvalue weighted by molar-refractivity contribution is -0.122. The maximum Gasteiger partial charge on any atom is 0.270 e. The van der Waals surface area contributed by atoms with Crippen LogP contribution in [-0.4, -0.2) is 28.6 Å². The molecule has 1 fully saturated rings. The average Bonchev–Trinajstić information content (AvgIpc) is 3.04. The Kier molecular flexibility index (Phi) is 5.63. The first kappa shape index (κ1) is 21.5. The van der Waals surface area contributed by atoms with E-state index in [1.807, 2.05) is 48.7 Å². The van der Waals surface area contributed by atoms with Crippen LogP contribution in [0.25, 0.3) is 11.8 Å². The number of aromatic nitrogens is 1. The first-order chi connectivity index (χ1) is 15.3. The van der Waals surface area contributed by atoms with Crippen LogP contribution in [-0.2, 0) is 9.59 Å². The molecule has 8 heteroatoms. The molecule has 162 valence electrons. The lowest BCUT2D eigenvalue weighted by atomic mass is 10.1. The van der Waals surface area contributed by atoms with Crippen LogP contribution in [0.4, 0.5) is 10.1 Å². The molecule has 4 rings (SSSR count). The third-order valence-electron chi connectivity index (χ3n) is 5.27. The van der Waals surface area contributed by atoms with Crippen LogP contribution in [0.1, 0.15) is 17.0 Å². The van der Waals surface area contributed by atoms with Crippen molar-refractivity contribution in [1.29, 1.82) is 0 Å². The lowest BCUT2D eigenvalue weighted by Crippen LogP contribution is -2.54. The fraction of sp³-hybridized carbons (Fsp3) is 0.125. The van der Waals surface area contributed by atoms with Crippen LogP contribution >= 0.6 is 12.2 Å². The number of methoxy groups -OCH3 is 1. The molecule has 0 bridgehead atoms. The summed E-state index contributed by atoms with van der Waals surface area (Å²) in [5.74, 6) is -0.972. The highest BCUT2D eigenvalue weighted by molar-refractivity contribution is 7.80. The van der Waals surface area contributed by atoms with Gasteiger partial charge in [0, 0.05) is 17.1 Å². The van der Waals surface area contributed by atoms with E-state index in [0.29, 0.717) is 5.56 Å².